The lowest BCUT2D eigenvalue weighted by molar-refractivity contribution is 0.503. The van der Waals surface area contributed by atoms with Crippen molar-refractivity contribution in [2.75, 3.05) is 0 Å². The van der Waals surface area contributed by atoms with Crippen molar-refractivity contribution < 1.29 is 0 Å². The zero-order valence-electron chi connectivity index (χ0n) is 19.1. The first-order chi connectivity index (χ1) is 16.0. The van der Waals surface area contributed by atoms with Crippen molar-refractivity contribution in [3.05, 3.63) is 69.5 Å². The van der Waals surface area contributed by atoms with Gasteiger partial charge >= 0.3 is 5.69 Å². The highest BCUT2D eigenvalue weighted by Gasteiger charge is 2.19. The van der Waals surface area contributed by atoms with Gasteiger partial charge in [-0.1, -0.05) is 69.1 Å². The quantitative estimate of drug-likeness (QED) is 0.390. The maximum Gasteiger partial charge on any atom is 0.329 e. The van der Waals surface area contributed by atoms with Crippen LogP contribution in [0.4, 0.5) is 0 Å². The number of aromatic nitrogens is 7. The Morgan fingerprint density at radius 2 is 1.88 bits per heavy atom. The highest BCUT2D eigenvalue weighted by Crippen LogP contribution is 2.28. The highest BCUT2D eigenvalue weighted by atomic mass is 35.5. The topological polar surface area (TPSA) is 94.3 Å². The van der Waals surface area contributed by atoms with E-state index in [9.17, 15) is 4.79 Å². The third-order valence-electron chi connectivity index (χ3n) is 5.63. The van der Waals surface area contributed by atoms with E-state index in [4.69, 9.17) is 11.6 Å². The number of imidazole rings is 1. The fraction of sp³-hybridized carbons (Fsp3) is 0.375. The molecule has 0 bridgehead atoms. The van der Waals surface area contributed by atoms with E-state index < -0.39 is 0 Å². The summed E-state index contributed by atoms with van der Waals surface area (Å²) in [4.78, 5) is 17.8. The minimum absolute atomic E-state index is 0.0596. The summed E-state index contributed by atoms with van der Waals surface area (Å²) in [6.45, 7) is 7.44. The monoisotopic (exact) mass is 465 g/mol. The molecule has 0 saturated carbocycles. The fourth-order valence-electron chi connectivity index (χ4n) is 3.87. The van der Waals surface area contributed by atoms with Crippen LogP contribution in [0.15, 0.2) is 47.4 Å². The fourth-order valence-corrected chi connectivity index (χ4v) is 4.22. The van der Waals surface area contributed by atoms with Gasteiger partial charge in [-0.25, -0.2) is 4.79 Å². The predicted molar refractivity (Wildman–Crippen MR) is 129 cm³/mol. The number of pyridine rings is 1. The van der Waals surface area contributed by atoms with Gasteiger partial charge in [0.25, 0.3) is 0 Å². The van der Waals surface area contributed by atoms with E-state index in [1.54, 1.807) is 9.13 Å². The van der Waals surface area contributed by atoms with Crippen molar-refractivity contribution in [2.24, 2.45) is 5.92 Å². The van der Waals surface area contributed by atoms with Crippen molar-refractivity contribution in [1.82, 2.24) is 34.7 Å². The lowest BCUT2D eigenvalue weighted by Gasteiger charge is -2.09. The maximum atomic E-state index is 13.2. The van der Waals surface area contributed by atoms with E-state index in [1.807, 2.05) is 42.6 Å². The van der Waals surface area contributed by atoms with E-state index in [1.165, 1.54) is 0 Å². The van der Waals surface area contributed by atoms with Gasteiger partial charge in [-0.05, 0) is 35.6 Å². The van der Waals surface area contributed by atoms with Crippen LogP contribution >= 0.6 is 11.6 Å². The molecule has 1 N–H and O–H groups in total. The number of benzene rings is 1. The van der Waals surface area contributed by atoms with Crippen LogP contribution in [0.1, 0.15) is 44.9 Å². The SMILES string of the molecule is CCCc1c(Cl)n(CCC(C)C)c(=O)n1Cc1ccc(-c2ccccc2-c2nn[nH]n2)nc1. The zero-order valence-corrected chi connectivity index (χ0v) is 19.9. The molecule has 0 radical (unpaired) electrons. The Morgan fingerprint density at radius 1 is 1.09 bits per heavy atom. The van der Waals surface area contributed by atoms with E-state index in [0.717, 1.165) is 47.3 Å². The van der Waals surface area contributed by atoms with E-state index in [2.05, 4.69) is 46.4 Å². The number of H-pyrrole nitrogens is 1. The molecule has 0 spiro atoms. The lowest BCUT2D eigenvalue weighted by atomic mass is 10.0. The molecule has 0 fully saturated rings. The Kier molecular flexibility index (Phi) is 7.03. The molecule has 33 heavy (non-hydrogen) atoms. The highest BCUT2D eigenvalue weighted by molar-refractivity contribution is 6.30. The molecule has 0 aliphatic heterocycles. The molecule has 3 aromatic heterocycles. The number of tetrazole rings is 1. The average molecular weight is 466 g/mol. The molecule has 9 heteroatoms. The van der Waals surface area contributed by atoms with Crippen molar-refractivity contribution in [3.63, 3.8) is 0 Å². The minimum atomic E-state index is -0.0596. The summed E-state index contributed by atoms with van der Waals surface area (Å²) in [5.74, 6) is 1.02. The second-order valence-corrected chi connectivity index (χ2v) is 8.88. The van der Waals surface area contributed by atoms with Crippen LogP contribution in [0.2, 0.25) is 5.15 Å². The van der Waals surface area contributed by atoms with Crippen LogP contribution in [-0.2, 0) is 19.5 Å². The van der Waals surface area contributed by atoms with Gasteiger partial charge < -0.3 is 0 Å². The van der Waals surface area contributed by atoms with Crippen LogP contribution in [0.3, 0.4) is 0 Å². The molecule has 0 aliphatic carbocycles. The molecular formula is C24H28ClN7O. The molecule has 4 aromatic rings. The van der Waals surface area contributed by atoms with Crippen LogP contribution in [-0.4, -0.2) is 34.7 Å². The van der Waals surface area contributed by atoms with Gasteiger partial charge in [-0.2, -0.15) is 5.21 Å². The van der Waals surface area contributed by atoms with Gasteiger partial charge in [0.15, 0.2) is 0 Å². The molecule has 3 heterocycles. The van der Waals surface area contributed by atoms with Gasteiger partial charge in [0.2, 0.25) is 5.82 Å². The molecule has 0 amide bonds. The Bertz CT molecular complexity index is 1260. The van der Waals surface area contributed by atoms with E-state index >= 15 is 0 Å². The Balaban J connectivity index is 1.63. The maximum absolute atomic E-state index is 13.2. The number of hydrogen-bond donors (Lipinski definition) is 1. The van der Waals surface area contributed by atoms with Gasteiger partial charge in [0.05, 0.1) is 17.9 Å². The predicted octanol–water partition coefficient (Wildman–Crippen LogP) is 4.59. The Morgan fingerprint density at radius 3 is 2.52 bits per heavy atom. The second kappa shape index (κ2) is 10.1. The number of rotatable bonds is 9. The zero-order chi connectivity index (χ0) is 23.4. The molecular weight excluding hydrogens is 438 g/mol. The van der Waals surface area contributed by atoms with Gasteiger partial charge in [-0.15, -0.1) is 10.2 Å². The minimum Gasteiger partial charge on any atom is -0.290 e. The number of halogens is 1. The molecule has 0 aliphatic rings. The van der Waals surface area contributed by atoms with E-state index in [0.29, 0.717) is 30.0 Å². The first-order valence-electron chi connectivity index (χ1n) is 11.3. The summed E-state index contributed by atoms with van der Waals surface area (Å²) in [6, 6.07) is 11.7. The molecule has 1 aromatic carbocycles. The summed E-state index contributed by atoms with van der Waals surface area (Å²) < 4.78 is 3.49. The molecule has 0 atom stereocenters. The first-order valence-corrected chi connectivity index (χ1v) is 11.6. The summed E-state index contributed by atoms with van der Waals surface area (Å²) >= 11 is 6.64. The van der Waals surface area contributed by atoms with E-state index in [-0.39, 0.29) is 5.69 Å². The summed E-state index contributed by atoms with van der Waals surface area (Å²) in [5.41, 5.74) is 4.33. The third kappa shape index (κ3) is 4.90. The molecule has 0 unspecified atom stereocenters. The lowest BCUT2D eigenvalue weighted by Crippen LogP contribution is -2.26. The Hall–Kier alpha value is -3.26. The second-order valence-electron chi connectivity index (χ2n) is 8.52. The number of nitrogens with zero attached hydrogens (tertiary/aromatic N) is 6. The smallest absolute Gasteiger partial charge is 0.290 e. The standard InChI is InChI=1S/C24H28ClN7O/c1-4-7-21-22(25)31(13-12-16(2)3)24(33)32(21)15-17-10-11-20(26-14-17)18-8-5-6-9-19(18)23-27-29-30-28-23/h5-6,8-11,14,16H,4,7,12-13,15H2,1-3H3,(H,27,28,29,30). The molecule has 0 saturated heterocycles. The number of hydrogen-bond acceptors (Lipinski definition) is 5. The summed E-state index contributed by atoms with van der Waals surface area (Å²) in [5, 5.41) is 14.9. The molecule has 172 valence electrons. The van der Waals surface area contributed by atoms with Crippen molar-refractivity contribution in [2.45, 2.75) is 53.1 Å². The summed E-state index contributed by atoms with van der Waals surface area (Å²) in [6.07, 6.45) is 4.39. The largest absolute Gasteiger partial charge is 0.329 e. The van der Waals surface area contributed by atoms with Gasteiger partial charge in [-0.3, -0.25) is 14.1 Å². The van der Waals surface area contributed by atoms with Crippen LogP contribution in [0.5, 0.6) is 0 Å². The third-order valence-corrected chi connectivity index (χ3v) is 6.06. The van der Waals surface area contributed by atoms with Crippen molar-refractivity contribution in [3.8, 4) is 22.6 Å². The van der Waals surface area contributed by atoms with Gasteiger partial charge in [0.1, 0.15) is 5.15 Å². The first kappa shape index (κ1) is 22.9. The van der Waals surface area contributed by atoms with Crippen LogP contribution in [0, 0.1) is 5.92 Å². The van der Waals surface area contributed by atoms with Crippen molar-refractivity contribution in [1.29, 1.82) is 0 Å². The average Bonchev–Trinajstić information content (AvgIpc) is 3.42. The van der Waals surface area contributed by atoms with Crippen molar-refractivity contribution >= 4 is 11.6 Å². The number of aromatic amines is 1. The number of nitrogens with one attached hydrogen (secondary N) is 1. The summed E-state index contributed by atoms with van der Waals surface area (Å²) in [7, 11) is 0. The van der Waals surface area contributed by atoms with Crippen LogP contribution in [0.25, 0.3) is 22.6 Å². The Labute approximate surface area is 197 Å². The normalized spacial score (nSPS) is 11.4. The van der Waals surface area contributed by atoms with Crippen LogP contribution < -0.4 is 5.69 Å². The molecule has 4 rings (SSSR count). The molecule has 8 nitrogen and oxygen atoms in total. The van der Waals surface area contributed by atoms with Gasteiger partial charge in [0, 0.05) is 23.9 Å².